The summed E-state index contributed by atoms with van der Waals surface area (Å²) in [5, 5.41) is 11.6. The number of benzene rings is 1. The normalized spacial score (nSPS) is 12.2. The van der Waals surface area contributed by atoms with E-state index in [2.05, 4.69) is 23.9 Å². The van der Waals surface area contributed by atoms with Crippen LogP contribution in [-0.4, -0.2) is 36.1 Å². The van der Waals surface area contributed by atoms with Gasteiger partial charge in [-0.2, -0.15) is 0 Å². The Labute approximate surface area is 125 Å². The molecule has 5 nitrogen and oxygen atoms in total. The predicted octanol–water partition coefficient (Wildman–Crippen LogP) is 2.43. The van der Waals surface area contributed by atoms with Gasteiger partial charge in [0.2, 0.25) is 0 Å². The Balaban J connectivity index is 2.75. The molecule has 0 aliphatic carbocycles. The highest BCUT2D eigenvalue weighted by Gasteiger charge is 2.12. The number of methoxy groups -OCH3 is 1. The molecular weight excluding hydrogens is 273 g/mol. The number of amidine groups is 1. The van der Waals surface area contributed by atoms with Crippen LogP contribution < -0.4 is 10.5 Å². The van der Waals surface area contributed by atoms with E-state index in [1.54, 1.807) is 12.1 Å². The molecular formula is C15H24FN3O2. The summed E-state index contributed by atoms with van der Waals surface area (Å²) in [7, 11) is 1.51. The standard InChI is InChI=1S/C15H24FN3O2/c1-11(2)9-19(7-6-15(17)18-20)10-12-4-5-13(21-3)8-14(12)16/h4-5,8,11,20H,6-7,9-10H2,1-3H3,(H2,17,18). The first-order valence-electron chi connectivity index (χ1n) is 6.97. The zero-order chi connectivity index (χ0) is 15.8. The van der Waals surface area contributed by atoms with Gasteiger partial charge >= 0.3 is 0 Å². The van der Waals surface area contributed by atoms with Crippen molar-refractivity contribution in [1.29, 1.82) is 0 Å². The fourth-order valence-corrected chi connectivity index (χ4v) is 2.10. The summed E-state index contributed by atoms with van der Waals surface area (Å²) in [5.74, 6) is 0.841. The highest BCUT2D eigenvalue weighted by molar-refractivity contribution is 5.79. The molecule has 0 atom stereocenters. The molecule has 0 aromatic heterocycles. The summed E-state index contributed by atoms with van der Waals surface area (Å²) >= 11 is 0. The monoisotopic (exact) mass is 297 g/mol. The highest BCUT2D eigenvalue weighted by atomic mass is 19.1. The van der Waals surface area contributed by atoms with Gasteiger partial charge in [-0.05, 0) is 12.0 Å². The van der Waals surface area contributed by atoms with E-state index in [0.29, 0.717) is 36.7 Å². The summed E-state index contributed by atoms with van der Waals surface area (Å²) < 4.78 is 19.0. The van der Waals surface area contributed by atoms with Gasteiger partial charge in [-0.15, -0.1) is 0 Å². The molecule has 0 aliphatic rings. The van der Waals surface area contributed by atoms with E-state index in [0.717, 1.165) is 6.54 Å². The van der Waals surface area contributed by atoms with Crippen LogP contribution in [0.5, 0.6) is 5.75 Å². The molecule has 118 valence electrons. The van der Waals surface area contributed by atoms with Crippen LogP contribution in [0.2, 0.25) is 0 Å². The lowest BCUT2D eigenvalue weighted by molar-refractivity contribution is 0.237. The van der Waals surface area contributed by atoms with Gasteiger partial charge in [-0.3, -0.25) is 4.90 Å². The molecule has 1 aromatic rings. The number of oxime groups is 1. The van der Waals surface area contributed by atoms with Crippen LogP contribution in [0.4, 0.5) is 4.39 Å². The first-order chi connectivity index (χ1) is 9.96. The molecule has 0 spiro atoms. The van der Waals surface area contributed by atoms with Crippen molar-refractivity contribution >= 4 is 5.84 Å². The fourth-order valence-electron chi connectivity index (χ4n) is 2.10. The molecule has 0 aliphatic heterocycles. The Kier molecular flexibility index (Phi) is 6.94. The third-order valence-corrected chi connectivity index (χ3v) is 3.09. The number of rotatable bonds is 8. The molecule has 1 aromatic carbocycles. The lowest BCUT2D eigenvalue weighted by Crippen LogP contribution is -2.31. The molecule has 0 amide bonds. The molecule has 0 saturated heterocycles. The molecule has 6 heteroatoms. The van der Waals surface area contributed by atoms with Crippen LogP contribution in [0.15, 0.2) is 23.4 Å². The Morgan fingerprint density at radius 3 is 2.71 bits per heavy atom. The summed E-state index contributed by atoms with van der Waals surface area (Å²) in [5.41, 5.74) is 6.10. The van der Waals surface area contributed by atoms with Crippen molar-refractivity contribution in [3.05, 3.63) is 29.6 Å². The topological polar surface area (TPSA) is 71.1 Å². The zero-order valence-corrected chi connectivity index (χ0v) is 12.8. The number of hydrogen-bond donors (Lipinski definition) is 2. The van der Waals surface area contributed by atoms with E-state index in [-0.39, 0.29) is 11.7 Å². The average molecular weight is 297 g/mol. The van der Waals surface area contributed by atoms with Crippen molar-refractivity contribution in [2.24, 2.45) is 16.8 Å². The third kappa shape index (κ3) is 5.99. The summed E-state index contributed by atoms with van der Waals surface area (Å²) in [6, 6.07) is 4.85. The summed E-state index contributed by atoms with van der Waals surface area (Å²) in [6.45, 7) is 6.10. The quantitative estimate of drug-likeness (QED) is 0.334. The molecule has 1 rings (SSSR count). The van der Waals surface area contributed by atoms with Crippen molar-refractivity contribution < 1.29 is 14.3 Å². The van der Waals surface area contributed by atoms with E-state index in [9.17, 15) is 4.39 Å². The molecule has 0 radical (unpaired) electrons. The maximum Gasteiger partial charge on any atom is 0.140 e. The first-order valence-corrected chi connectivity index (χ1v) is 6.97. The minimum atomic E-state index is -0.285. The Morgan fingerprint density at radius 1 is 1.48 bits per heavy atom. The molecule has 0 bridgehead atoms. The molecule has 21 heavy (non-hydrogen) atoms. The van der Waals surface area contributed by atoms with Crippen LogP contribution in [0.3, 0.4) is 0 Å². The van der Waals surface area contributed by atoms with Gasteiger partial charge in [0, 0.05) is 37.7 Å². The maximum absolute atomic E-state index is 14.0. The second-order valence-corrected chi connectivity index (χ2v) is 5.43. The fraction of sp³-hybridized carbons (Fsp3) is 0.533. The van der Waals surface area contributed by atoms with Gasteiger partial charge in [0.05, 0.1) is 7.11 Å². The lowest BCUT2D eigenvalue weighted by atomic mass is 10.1. The van der Waals surface area contributed by atoms with E-state index in [1.807, 2.05) is 0 Å². The van der Waals surface area contributed by atoms with Crippen molar-refractivity contribution in [3.8, 4) is 5.75 Å². The number of nitrogens with zero attached hydrogens (tertiary/aromatic N) is 2. The minimum Gasteiger partial charge on any atom is -0.497 e. The van der Waals surface area contributed by atoms with Gasteiger partial charge in [0.25, 0.3) is 0 Å². The first kappa shape index (κ1) is 17.2. The molecule has 0 fully saturated rings. The van der Waals surface area contributed by atoms with Gasteiger partial charge in [0.1, 0.15) is 17.4 Å². The van der Waals surface area contributed by atoms with Gasteiger partial charge in [-0.1, -0.05) is 25.1 Å². The predicted molar refractivity (Wildman–Crippen MR) is 81.1 cm³/mol. The summed E-state index contributed by atoms with van der Waals surface area (Å²) in [6.07, 6.45) is 0.445. The van der Waals surface area contributed by atoms with Crippen LogP contribution in [-0.2, 0) is 6.54 Å². The van der Waals surface area contributed by atoms with E-state index < -0.39 is 0 Å². The second-order valence-electron chi connectivity index (χ2n) is 5.43. The number of nitrogens with two attached hydrogens (primary N) is 1. The average Bonchev–Trinajstić information content (AvgIpc) is 2.45. The van der Waals surface area contributed by atoms with Crippen molar-refractivity contribution in [2.75, 3.05) is 20.2 Å². The van der Waals surface area contributed by atoms with E-state index >= 15 is 0 Å². The van der Waals surface area contributed by atoms with Crippen molar-refractivity contribution in [2.45, 2.75) is 26.8 Å². The third-order valence-electron chi connectivity index (χ3n) is 3.09. The molecule has 3 N–H and O–H groups in total. The van der Waals surface area contributed by atoms with Crippen molar-refractivity contribution in [3.63, 3.8) is 0 Å². The van der Waals surface area contributed by atoms with Crippen LogP contribution >= 0.6 is 0 Å². The molecule has 0 unspecified atom stereocenters. The number of halogens is 1. The van der Waals surface area contributed by atoms with Gasteiger partial charge in [-0.25, -0.2) is 4.39 Å². The smallest absolute Gasteiger partial charge is 0.140 e. The van der Waals surface area contributed by atoms with E-state index in [4.69, 9.17) is 15.7 Å². The second kappa shape index (κ2) is 8.46. The van der Waals surface area contributed by atoms with E-state index in [1.165, 1.54) is 13.2 Å². The van der Waals surface area contributed by atoms with Gasteiger partial charge in [0.15, 0.2) is 0 Å². The Bertz CT molecular complexity index is 478. The summed E-state index contributed by atoms with van der Waals surface area (Å²) in [4.78, 5) is 2.09. The van der Waals surface area contributed by atoms with Gasteiger partial charge < -0.3 is 15.7 Å². The number of ether oxygens (including phenoxy) is 1. The molecule has 0 saturated carbocycles. The van der Waals surface area contributed by atoms with Crippen LogP contribution in [0.1, 0.15) is 25.8 Å². The van der Waals surface area contributed by atoms with Crippen LogP contribution in [0.25, 0.3) is 0 Å². The SMILES string of the molecule is COc1ccc(CN(CC/C(N)=N/O)CC(C)C)c(F)c1. The Morgan fingerprint density at radius 2 is 2.19 bits per heavy atom. The maximum atomic E-state index is 14.0. The minimum absolute atomic E-state index is 0.180. The van der Waals surface area contributed by atoms with Crippen molar-refractivity contribution in [1.82, 2.24) is 4.90 Å². The highest BCUT2D eigenvalue weighted by Crippen LogP contribution is 2.18. The van der Waals surface area contributed by atoms with Crippen LogP contribution in [0, 0.1) is 11.7 Å². The largest absolute Gasteiger partial charge is 0.497 e. The zero-order valence-electron chi connectivity index (χ0n) is 12.8. The lowest BCUT2D eigenvalue weighted by Gasteiger charge is -2.24. The molecule has 0 heterocycles. The number of hydrogen-bond acceptors (Lipinski definition) is 4. The Hall–Kier alpha value is -1.82.